The van der Waals surface area contributed by atoms with E-state index in [2.05, 4.69) is 39.0 Å². The molecule has 0 aromatic carbocycles. The highest BCUT2D eigenvalue weighted by Gasteiger charge is 2.18. The van der Waals surface area contributed by atoms with Gasteiger partial charge in [0.05, 0.1) is 17.9 Å². The number of nitrogens with zero attached hydrogens (tertiary/aromatic N) is 7. The van der Waals surface area contributed by atoms with Crippen LogP contribution in [0.4, 0.5) is 5.95 Å². The zero-order chi connectivity index (χ0) is 19.0. The molecule has 1 fully saturated rings. The Balaban J connectivity index is 0.000000218. The number of halogens is 1. The fourth-order valence-corrected chi connectivity index (χ4v) is 3.22. The van der Waals surface area contributed by atoms with Crippen LogP contribution < -0.4 is 5.73 Å². The van der Waals surface area contributed by atoms with Gasteiger partial charge in [-0.15, -0.1) is 5.10 Å². The molecule has 0 amide bonds. The molecular formula is C18H21ClN8. The predicted molar refractivity (Wildman–Crippen MR) is 106 cm³/mol. The van der Waals surface area contributed by atoms with E-state index in [0.29, 0.717) is 10.9 Å². The van der Waals surface area contributed by atoms with E-state index in [1.807, 2.05) is 18.5 Å². The van der Waals surface area contributed by atoms with E-state index in [0.717, 1.165) is 22.7 Å². The summed E-state index contributed by atoms with van der Waals surface area (Å²) in [6.07, 6.45) is 13.0. The van der Waals surface area contributed by atoms with Crippen LogP contribution in [0.2, 0.25) is 5.15 Å². The number of nitrogen functional groups attached to an aromatic ring is 1. The van der Waals surface area contributed by atoms with Crippen molar-refractivity contribution in [3.8, 4) is 11.1 Å². The second-order valence-corrected chi connectivity index (χ2v) is 7.20. The maximum Gasteiger partial charge on any atom is 0.238 e. The van der Waals surface area contributed by atoms with E-state index in [9.17, 15) is 0 Å². The van der Waals surface area contributed by atoms with Crippen LogP contribution in [-0.2, 0) is 0 Å². The van der Waals surface area contributed by atoms with Gasteiger partial charge in [-0.25, -0.2) is 19.5 Å². The summed E-state index contributed by atoms with van der Waals surface area (Å²) >= 11 is 6.06. The third-order valence-corrected chi connectivity index (χ3v) is 5.15. The van der Waals surface area contributed by atoms with E-state index >= 15 is 0 Å². The predicted octanol–water partition coefficient (Wildman–Crippen LogP) is 2.78. The van der Waals surface area contributed by atoms with Gasteiger partial charge in [0.15, 0.2) is 0 Å². The van der Waals surface area contributed by atoms with Crippen LogP contribution in [-0.4, -0.2) is 54.0 Å². The number of anilines is 1. The first kappa shape index (κ1) is 17.7. The van der Waals surface area contributed by atoms with Crippen molar-refractivity contribution in [2.45, 2.75) is 25.3 Å². The second kappa shape index (κ2) is 7.13. The molecule has 4 aromatic rings. The Bertz CT molecular complexity index is 1080. The topological polar surface area (TPSA) is 89.6 Å². The normalized spacial score (nSPS) is 14.4. The summed E-state index contributed by atoms with van der Waals surface area (Å²) in [7, 11) is 4.31. The molecule has 0 radical (unpaired) electrons. The highest BCUT2D eigenvalue weighted by atomic mass is 35.5. The SMILES string of the molecule is CN(C)C1CCC1.Nc1ncc2c(-c3cnc4ncc(Cl)n4c3)ccn2n1. The van der Waals surface area contributed by atoms with E-state index in [1.165, 1.54) is 19.3 Å². The Kier molecular flexibility index (Phi) is 4.67. The summed E-state index contributed by atoms with van der Waals surface area (Å²) in [4.78, 5) is 14.7. The fourth-order valence-electron chi connectivity index (χ4n) is 3.05. The largest absolute Gasteiger partial charge is 0.367 e. The maximum absolute atomic E-state index is 6.06. The van der Waals surface area contributed by atoms with Gasteiger partial charge in [0, 0.05) is 35.8 Å². The molecule has 1 aliphatic rings. The lowest BCUT2D eigenvalue weighted by molar-refractivity contribution is 0.193. The molecule has 4 heterocycles. The molecular weight excluding hydrogens is 364 g/mol. The quantitative estimate of drug-likeness (QED) is 0.571. The summed E-state index contributed by atoms with van der Waals surface area (Å²) in [5.74, 6) is 0.786. The molecule has 5 rings (SSSR count). The third-order valence-electron chi connectivity index (χ3n) is 4.87. The Labute approximate surface area is 161 Å². The number of hydrogen-bond acceptors (Lipinski definition) is 6. The average Bonchev–Trinajstić information content (AvgIpc) is 3.16. The average molecular weight is 385 g/mol. The van der Waals surface area contributed by atoms with E-state index in [1.54, 1.807) is 27.5 Å². The van der Waals surface area contributed by atoms with Gasteiger partial charge in [-0.1, -0.05) is 18.0 Å². The van der Waals surface area contributed by atoms with Crippen LogP contribution in [0.3, 0.4) is 0 Å². The molecule has 0 aliphatic heterocycles. The van der Waals surface area contributed by atoms with Gasteiger partial charge < -0.3 is 10.6 Å². The monoisotopic (exact) mass is 384 g/mol. The van der Waals surface area contributed by atoms with Gasteiger partial charge in [-0.3, -0.25) is 4.40 Å². The van der Waals surface area contributed by atoms with Crippen molar-refractivity contribution < 1.29 is 0 Å². The van der Waals surface area contributed by atoms with Crippen molar-refractivity contribution in [2.75, 3.05) is 19.8 Å². The fraction of sp³-hybridized carbons (Fsp3) is 0.333. The molecule has 27 heavy (non-hydrogen) atoms. The number of nitrogens with two attached hydrogens (primary N) is 1. The van der Waals surface area contributed by atoms with Crippen molar-refractivity contribution in [1.82, 2.24) is 33.9 Å². The van der Waals surface area contributed by atoms with Gasteiger partial charge >= 0.3 is 0 Å². The summed E-state index contributed by atoms with van der Waals surface area (Å²) in [6, 6.07) is 2.84. The summed E-state index contributed by atoms with van der Waals surface area (Å²) in [5, 5.41) is 4.62. The Morgan fingerprint density at radius 1 is 1.15 bits per heavy atom. The van der Waals surface area contributed by atoms with E-state index in [-0.39, 0.29) is 5.95 Å². The molecule has 1 aliphatic carbocycles. The highest BCUT2D eigenvalue weighted by molar-refractivity contribution is 6.29. The lowest BCUT2D eigenvalue weighted by Gasteiger charge is -2.31. The van der Waals surface area contributed by atoms with Crippen molar-refractivity contribution in [3.05, 3.63) is 42.2 Å². The lowest BCUT2D eigenvalue weighted by atomic mass is 9.92. The minimum Gasteiger partial charge on any atom is -0.367 e. The molecule has 2 N–H and O–H groups in total. The van der Waals surface area contributed by atoms with Crippen molar-refractivity contribution >= 4 is 28.8 Å². The summed E-state index contributed by atoms with van der Waals surface area (Å²) in [6.45, 7) is 0. The number of imidazole rings is 1. The Morgan fingerprint density at radius 2 is 1.93 bits per heavy atom. The standard InChI is InChI=1S/C12H8ClN7.C6H13N/c13-10-5-17-12-16-3-7(6-19(10)12)8-1-2-20-9(8)4-15-11(14)18-20;1-7(2)6-4-3-5-6/h1-6H,(H2,14,18);6H,3-5H2,1-2H3. The van der Waals surface area contributed by atoms with Crippen LogP contribution in [0.1, 0.15) is 19.3 Å². The van der Waals surface area contributed by atoms with E-state index in [4.69, 9.17) is 17.3 Å². The van der Waals surface area contributed by atoms with Crippen LogP contribution in [0.15, 0.2) is 37.1 Å². The maximum atomic E-state index is 6.06. The molecule has 4 aromatic heterocycles. The van der Waals surface area contributed by atoms with Crippen LogP contribution in [0, 0.1) is 0 Å². The minimum absolute atomic E-state index is 0.228. The second-order valence-electron chi connectivity index (χ2n) is 6.82. The molecule has 1 saturated carbocycles. The first-order chi connectivity index (χ1) is 13.0. The molecule has 9 heteroatoms. The number of fused-ring (bicyclic) bond motifs is 2. The Morgan fingerprint density at radius 3 is 2.59 bits per heavy atom. The van der Waals surface area contributed by atoms with Gasteiger partial charge in [-0.2, -0.15) is 0 Å². The number of hydrogen-bond donors (Lipinski definition) is 1. The third kappa shape index (κ3) is 3.45. The van der Waals surface area contributed by atoms with Gasteiger partial charge in [0.2, 0.25) is 11.7 Å². The summed E-state index contributed by atoms with van der Waals surface area (Å²) < 4.78 is 3.40. The molecule has 0 bridgehead atoms. The lowest BCUT2D eigenvalue weighted by Crippen LogP contribution is -2.33. The zero-order valence-electron chi connectivity index (χ0n) is 15.2. The number of rotatable bonds is 2. The van der Waals surface area contributed by atoms with Crippen LogP contribution >= 0.6 is 11.6 Å². The van der Waals surface area contributed by atoms with Crippen molar-refractivity contribution in [3.63, 3.8) is 0 Å². The van der Waals surface area contributed by atoms with Gasteiger partial charge in [-0.05, 0) is 33.0 Å². The molecule has 0 saturated heterocycles. The van der Waals surface area contributed by atoms with Gasteiger partial charge in [0.25, 0.3) is 0 Å². The molecule has 0 atom stereocenters. The first-order valence-electron chi connectivity index (χ1n) is 8.78. The molecule has 0 unspecified atom stereocenters. The van der Waals surface area contributed by atoms with Crippen molar-refractivity contribution in [1.29, 1.82) is 0 Å². The first-order valence-corrected chi connectivity index (χ1v) is 9.16. The number of aromatic nitrogens is 6. The van der Waals surface area contributed by atoms with Crippen molar-refractivity contribution in [2.24, 2.45) is 0 Å². The smallest absolute Gasteiger partial charge is 0.238 e. The van der Waals surface area contributed by atoms with E-state index < -0.39 is 0 Å². The zero-order valence-corrected chi connectivity index (χ0v) is 16.0. The van der Waals surface area contributed by atoms with Gasteiger partial charge in [0.1, 0.15) is 5.15 Å². The summed E-state index contributed by atoms with van der Waals surface area (Å²) in [5.41, 5.74) is 8.26. The molecule has 140 valence electrons. The van der Waals surface area contributed by atoms with Crippen LogP contribution in [0.25, 0.3) is 22.4 Å². The molecule has 0 spiro atoms. The molecule has 8 nitrogen and oxygen atoms in total. The van der Waals surface area contributed by atoms with Crippen LogP contribution in [0.5, 0.6) is 0 Å². The minimum atomic E-state index is 0.228. The Hall–Kier alpha value is -2.71. The highest BCUT2D eigenvalue weighted by Crippen LogP contribution is 2.25.